The van der Waals surface area contributed by atoms with Crippen LogP contribution in [-0.2, 0) is 6.42 Å². The Hall–Kier alpha value is -2.96. The number of carbonyl (C=O) groups is 2. The van der Waals surface area contributed by atoms with Crippen LogP contribution in [0.25, 0.3) is 0 Å². The third-order valence-electron chi connectivity index (χ3n) is 4.49. The number of benzene rings is 1. The Morgan fingerprint density at radius 2 is 1.58 bits per heavy atom. The van der Waals surface area contributed by atoms with Crippen molar-refractivity contribution in [1.82, 2.24) is 20.0 Å². The van der Waals surface area contributed by atoms with Crippen LogP contribution in [0.5, 0.6) is 0 Å². The van der Waals surface area contributed by atoms with Crippen LogP contribution in [0.15, 0.2) is 41.2 Å². The Kier molecular flexibility index (Phi) is 5.46. The number of piperazine rings is 1. The van der Waals surface area contributed by atoms with Crippen LogP contribution >= 0.6 is 0 Å². The van der Waals surface area contributed by atoms with Crippen LogP contribution in [-0.4, -0.2) is 58.0 Å². The van der Waals surface area contributed by atoms with Crippen molar-refractivity contribution in [2.75, 3.05) is 26.2 Å². The van der Waals surface area contributed by atoms with Crippen LogP contribution in [0.1, 0.15) is 39.8 Å². The van der Waals surface area contributed by atoms with Crippen LogP contribution in [0, 0.1) is 0 Å². The number of rotatable bonds is 4. The molecule has 0 spiro atoms. The molecule has 0 bridgehead atoms. The fourth-order valence-electron chi connectivity index (χ4n) is 3.02. The highest BCUT2D eigenvalue weighted by Gasteiger charge is 2.26. The van der Waals surface area contributed by atoms with Gasteiger partial charge in [0, 0.05) is 37.8 Å². The molecule has 1 aliphatic heterocycles. The van der Waals surface area contributed by atoms with E-state index in [1.54, 1.807) is 9.80 Å². The summed E-state index contributed by atoms with van der Waals surface area (Å²) in [5.41, 5.74) is 1.76. The van der Waals surface area contributed by atoms with Gasteiger partial charge in [0.25, 0.3) is 17.4 Å². The van der Waals surface area contributed by atoms with Gasteiger partial charge in [0.05, 0.1) is 0 Å². The quantitative estimate of drug-likeness (QED) is 0.897. The molecule has 3 rings (SSSR count). The zero-order valence-corrected chi connectivity index (χ0v) is 14.8. The molecule has 1 aromatic heterocycles. The van der Waals surface area contributed by atoms with Crippen molar-refractivity contribution in [1.29, 1.82) is 0 Å². The summed E-state index contributed by atoms with van der Waals surface area (Å²) in [4.78, 5) is 39.5. The Bertz CT molecular complexity index is 816. The van der Waals surface area contributed by atoms with Crippen molar-refractivity contribution in [3.8, 4) is 0 Å². The molecule has 0 radical (unpaired) electrons. The molecule has 2 amide bonds. The van der Waals surface area contributed by atoms with E-state index in [2.05, 4.69) is 17.1 Å². The molecule has 1 aromatic carbocycles. The molecule has 1 saturated heterocycles. The first-order valence-electron chi connectivity index (χ1n) is 8.81. The maximum atomic E-state index is 12.6. The lowest BCUT2D eigenvalue weighted by Crippen LogP contribution is -2.50. The lowest BCUT2D eigenvalue weighted by atomic mass is 10.1. The van der Waals surface area contributed by atoms with Gasteiger partial charge in [-0.05, 0) is 30.2 Å². The Balaban J connectivity index is 1.59. The zero-order valence-electron chi connectivity index (χ0n) is 14.8. The summed E-state index contributed by atoms with van der Waals surface area (Å²) in [5, 5.41) is 6.03. The van der Waals surface area contributed by atoms with Crippen LogP contribution in [0.4, 0.5) is 0 Å². The standard InChI is InChI=1S/C19H22N4O3/c1-2-3-14-4-6-15(7-5-14)18(25)22-10-12-23(13-11-22)19(26)16-8-9-17(24)21-20-16/h4-9H,2-3,10-13H2,1H3,(H,21,24). The first kappa shape index (κ1) is 17.8. The molecule has 7 heteroatoms. The van der Waals surface area contributed by atoms with Crippen LogP contribution in [0.3, 0.4) is 0 Å². The molecule has 7 nitrogen and oxygen atoms in total. The van der Waals surface area contributed by atoms with E-state index in [0.29, 0.717) is 31.7 Å². The van der Waals surface area contributed by atoms with Gasteiger partial charge in [0.15, 0.2) is 0 Å². The number of carbonyl (C=O) groups excluding carboxylic acids is 2. The monoisotopic (exact) mass is 354 g/mol. The first-order chi connectivity index (χ1) is 12.6. The molecule has 136 valence electrons. The largest absolute Gasteiger partial charge is 0.335 e. The number of nitrogens with one attached hydrogen (secondary N) is 1. The number of hydrogen-bond donors (Lipinski definition) is 1. The highest BCUT2D eigenvalue weighted by molar-refractivity contribution is 5.95. The van der Waals surface area contributed by atoms with Gasteiger partial charge in [-0.15, -0.1) is 0 Å². The molecular weight excluding hydrogens is 332 g/mol. The number of hydrogen-bond acceptors (Lipinski definition) is 4. The topological polar surface area (TPSA) is 86.4 Å². The molecule has 0 aliphatic carbocycles. The van der Waals surface area contributed by atoms with E-state index < -0.39 is 0 Å². The van der Waals surface area contributed by atoms with E-state index in [0.717, 1.165) is 12.8 Å². The van der Waals surface area contributed by atoms with E-state index in [1.165, 1.54) is 17.7 Å². The minimum Gasteiger partial charge on any atom is -0.335 e. The molecule has 1 aliphatic rings. The Morgan fingerprint density at radius 3 is 2.12 bits per heavy atom. The average molecular weight is 354 g/mol. The van der Waals surface area contributed by atoms with Crippen molar-refractivity contribution in [2.24, 2.45) is 0 Å². The molecule has 0 atom stereocenters. The summed E-state index contributed by atoms with van der Waals surface area (Å²) < 4.78 is 0. The van der Waals surface area contributed by atoms with Gasteiger partial charge in [-0.1, -0.05) is 25.5 Å². The van der Waals surface area contributed by atoms with E-state index in [4.69, 9.17) is 0 Å². The maximum absolute atomic E-state index is 12.6. The maximum Gasteiger partial charge on any atom is 0.274 e. The summed E-state index contributed by atoms with van der Waals surface area (Å²) in [7, 11) is 0. The Labute approximate surface area is 151 Å². The summed E-state index contributed by atoms with van der Waals surface area (Å²) in [6, 6.07) is 10.4. The summed E-state index contributed by atoms with van der Waals surface area (Å²) in [6.07, 6.45) is 2.08. The second kappa shape index (κ2) is 7.95. The van der Waals surface area contributed by atoms with Crippen molar-refractivity contribution < 1.29 is 9.59 Å². The number of amides is 2. The molecule has 1 N–H and O–H groups in total. The molecule has 2 aromatic rings. The number of aromatic amines is 1. The fourth-order valence-corrected chi connectivity index (χ4v) is 3.02. The van der Waals surface area contributed by atoms with Crippen molar-refractivity contribution >= 4 is 11.8 Å². The molecule has 0 unspecified atom stereocenters. The molecular formula is C19H22N4O3. The molecule has 26 heavy (non-hydrogen) atoms. The normalized spacial score (nSPS) is 14.3. The van der Waals surface area contributed by atoms with Crippen LogP contribution < -0.4 is 5.56 Å². The van der Waals surface area contributed by atoms with E-state index in [1.807, 2.05) is 24.3 Å². The van der Waals surface area contributed by atoms with Gasteiger partial charge in [-0.3, -0.25) is 14.4 Å². The number of H-pyrrole nitrogens is 1. The predicted octanol–water partition coefficient (Wildman–Crippen LogP) is 1.32. The van der Waals surface area contributed by atoms with Gasteiger partial charge in [-0.2, -0.15) is 5.10 Å². The average Bonchev–Trinajstić information content (AvgIpc) is 2.68. The van der Waals surface area contributed by atoms with Crippen molar-refractivity contribution in [2.45, 2.75) is 19.8 Å². The second-order valence-electron chi connectivity index (χ2n) is 6.34. The third kappa shape index (κ3) is 3.99. The van der Waals surface area contributed by atoms with Crippen molar-refractivity contribution in [3.05, 3.63) is 63.6 Å². The van der Waals surface area contributed by atoms with E-state index in [9.17, 15) is 14.4 Å². The predicted molar refractivity (Wildman–Crippen MR) is 97.1 cm³/mol. The fraction of sp³-hybridized carbons (Fsp3) is 0.368. The number of aromatic nitrogens is 2. The lowest BCUT2D eigenvalue weighted by molar-refractivity contribution is 0.0531. The van der Waals surface area contributed by atoms with Crippen LogP contribution in [0.2, 0.25) is 0 Å². The van der Waals surface area contributed by atoms with Crippen molar-refractivity contribution in [3.63, 3.8) is 0 Å². The third-order valence-corrected chi connectivity index (χ3v) is 4.49. The number of aryl methyl sites for hydroxylation is 1. The minimum atomic E-state index is -0.345. The highest BCUT2D eigenvalue weighted by atomic mass is 16.2. The van der Waals surface area contributed by atoms with E-state index >= 15 is 0 Å². The summed E-state index contributed by atoms with van der Waals surface area (Å²) in [6.45, 7) is 3.97. The number of nitrogens with zero attached hydrogens (tertiary/aromatic N) is 3. The lowest BCUT2D eigenvalue weighted by Gasteiger charge is -2.34. The second-order valence-corrected chi connectivity index (χ2v) is 6.34. The van der Waals surface area contributed by atoms with Gasteiger partial charge in [0.2, 0.25) is 0 Å². The zero-order chi connectivity index (χ0) is 18.5. The summed E-state index contributed by atoms with van der Waals surface area (Å²) >= 11 is 0. The Morgan fingerprint density at radius 1 is 0.962 bits per heavy atom. The highest BCUT2D eigenvalue weighted by Crippen LogP contribution is 2.12. The van der Waals surface area contributed by atoms with Gasteiger partial charge in [0.1, 0.15) is 5.69 Å². The first-order valence-corrected chi connectivity index (χ1v) is 8.81. The van der Waals surface area contributed by atoms with E-state index in [-0.39, 0.29) is 23.1 Å². The van der Waals surface area contributed by atoms with Gasteiger partial charge in [-0.25, -0.2) is 5.10 Å². The molecule has 0 saturated carbocycles. The molecule has 2 heterocycles. The summed E-state index contributed by atoms with van der Waals surface area (Å²) in [5.74, 6) is -0.250. The molecule has 1 fully saturated rings. The minimum absolute atomic E-state index is 0.0117. The van der Waals surface area contributed by atoms with Gasteiger partial charge < -0.3 is 9.80 Å². The van der Waals surface area contributed by atoms with Gasteiger partial charge >= 0.3 is 0 Å². The SMILES string of the molecule is CCCc1ccc(C(=O)N2CCN(C(=O)c3ccc(=O)[nH]n3)CC2)cc1. The smallest absolute Gasteiger partial charge is 0.274 e.